The van der Waals surface area contributed by atoms with Gasteiger partial charge in [-0.2, -0.15) is 0 Å². The number of piperazine rings is 1. The van der Waals surface area contributed by atoms with Gasteiger partial charge in [0.25, 0.3) is 0 Å². The molecule has 1 unspecified atom stereocenters. The van der Waals surface area contributed by atoms with Gasteiger partial charge in [0.15, 0.2) is 0 Å². The summed E-state index contributed by atoms with van der Waals surface area (Å²) in [5.74, 6) is 0. The summed E-state index contributed by atoms with van der Waals surface area (Å²) in [6.45, 7) is 5.51. The lowest BCUT2D eigenvalue weighted by Gasteiger charge is -2.45. The van der Waals surface area contributed by atoms with Gasteiger partial charge in [0.05, 0.1) is 0 Å². The van der Waals surface area contributed by atoms with Crippen LogP contribution >= 0.6 is 27.5 Å². The van der Waals surface area contributed by atoms with Crippen molar-refractivity contribution in [2.24, 2.45) is 0 Å². The highest BCUT2D eigenvalue weighted by Gasteiger charge is 2.39. The summed E-state index contributed by atoms with van der Waals surface area (Å²) in [7, 11) is 0. The summed E-state index contributed by atoms with van der Waals surface area (Å²) in [4.78, 5) is 2.59. The Balaban J connectivity index is 1.74. The number of halogens is 2. The van der Waals surface area contributed by atoms with Gasteiger partial charge in [0, 0.05) is 40.7 Å². The number of hydrogen-bond acceptors (Lipinski definition) is 2. The Kier molecular flexibility index (Phi) is 4.42. The third kappa shape index (κ3) is 3.06. The van der Waals surface area contributed by atoms with Crippen LogP contribution in [-0.4, -0.2) is 29.6 Å². The van der Waals surface area contributed by atoms with Gasteiger partial charge in [-0.05, 0) is 37.5 Å². The Morgan fingerprint density at radius 1 is 1.40 bits per heavy atom. The monoisotopic (exact) mass is 356 g/mol. The molecule has 2 aliphatic rings. The largest absolute Gasteiger partial charge is 0.308 e. The first-order valence-corrected chi connectivity index (χ1v) is 8.68. The highest BCUT2D eigenvalue weighted by Crippen LogP contribution is 2.34. The van der Waals surface area contributed by atoms with E-state index in [1.807, 2.05) is 6.07 Å². The predicted molar refractivity (Wildman–Crippen MR) is 88.2 cm³/mol. The molecule has 1 saturated heterocycles. The second-order valence-electron chi connectivity index (χ2n) is 6.36. The van der Waals surface area contributed by atoms with E-state index in [4.69, 9.17) is 11.6 Å². The second-order valence-corrected chi connectivity index (χ2v) is 7.68. The van der Waals surface area contributed by atoms with Gasteiger partial charge < -0.3 is 5.32 Å². The molecule has 4 heteroatoms. The second kappa shape index (κ2) is 5.96. The van der Waals surface area contributed by atoms with Crippen LogP contribution in [0.5, 0.6) is 0 Å². The van der Waals surface area contributed by atoms with Crippen molar-refractivity contribution in [2.45, 2.75) is 50.7 Å². The molecular formula is C16H22BrClN2. The maximum atomic E-state index is 6.38. The van der Waals surface area contributed by atoms with Crippen molar-refractivity contribution in [3.05, 3.63) is 33.3 Å². The first-order valence-electron chi connectivity index (χ1n) is 7.51. The molecule has 1 aromatic carbocycles. The molecule has 1 aliphatic carbocycles. The first-order chi connectivity index (χ1) is 9.58. The molecule has 2 nitrogen and oxygen atoms in total. The molecule has 110 valence electrons. The standard InChI is InChI=1S/C16H22BrClN2/c1-12-9-19-16(6-2-3-7-16)11-20(12)10-13-4-5-14(17)8-15(13)18/h4-5,8,12,19H,2-3,6-7,9-11H2,1H3. The molecule has 1 aromatic rings. The molecule has 0 bridgehead atoms. The van der Waals surface area contributed by atoms with E-state index in [1.54, 1.807) is 0 Å². The van der Waals surface area contributed by atoms with Crippen LogP contribution in [0.2, 0.25) is 5.02 Å². The molecule has 1 atom stereocenters. The molecule has 1 spiro atoms. The fourth-order valence-electron chi connectivity index (χ4n) is 3.56. The van der Waals surface area contributed by atoms with Crippen LogP contribution in [-0.2, 0) is 6.54 Å². The fraction of sp³-hybridized carbons (Fsp3) is 0.625. The van der Waals surface area contributed by atoms with Gasteiger partial charge in [0.1, 0.15) is 0 Å². The molecule has 3 rings (SSSR count). The van der Waals surface area contributed by atoms with Crippen molar-refractivity contribution >= 4 is 27.5 Å². The Bertz CT molecular complexity index is 485. The van der Waals surface area contributed by atoms with Crippen LogP contribution in [0.3, 0.4) is 0 Å². The average molecular weight is 358 g/mol. The van der Waals surface area contributed by atoms with Crippen LogP contribution < -0.4 is 5.32 Å². The van der Waals surface area contributed by atoms with E-state index in [0.717, 1.165) is 29.1 Å². The van der Waals surface area contributed by atoms with Crippen molar-refractivity contribution in [1.29, 1.82) is 0 Å². The van der Waals surface area contributed by atoms with Gasteiger partial charge in [-0.25, -0.2) is 0 Å². The summed E-state index contributed by atoms with van der Waals surface area (Å²) in [5, 5.41) is 4.67. The lowest BCUT2D eigenvalue weighted by Crippen LogP contribution is -2.62. The highest BCUT2D eigenvalue weighted by atomic mass is 79.9. The first kappa shape index (κ1) is 14.8. The van der Waals surface area contributed by atoms with E-state index in [-0.39, 0.29) is 0 Å². The molecule has 1 N–H and O–H groups in total. The summed E-state index contributed by atoms with van der Waals surface area (Å²) >= 11 is 9.85. The Morgan fingerprint density at radius 3 is 2.85 bits per heavy atom. The molecule has 0 aromatic heterocycles. The SMILES string of the molecule is CC1CNC2(CCCC2)CN1Cc1ccc(Br)cc1Cl. The Labute approximate surface area is 135 Å². The topological polar surface area (TPSA) is 15.3 Å². The van der Waals surface area contributed by atoms with Gasteiger partial charge in [-0.3, -0.25) is 4.90 Å². The van der Waals surface area contributed by atoms with E-state index in [1.165, 1.54) is 31.2 Å². The quantitative estimate of drug-likeness (QED) is 0.853. The highest BCUT2D eigenvalue weighted by molar-refractivity contribution is 9.10. The predicted octanol–water partition coefficient (Wildman–Crippen LogP) is 4.21. The van der Waals surface area contributed by atoms with E-state index in [2.05, 4.69) is 45.2 Å². The summed E-state index contributed by atoms with van der Waals surface area (Å²) in [6, 6.07) is 6.79. The minimum atomic E-state index is 0.369. The minimum absolute atomic E-state index is 0.369. The molecule has 0 radical (unpaired) electrons. The zero-order chi connectivity index (χ0) is 14.2. The van der Waals surface area contributed by atoms with Crippen molar-refractivity contribution < 1.29 is 0 Å². The molecule has 1 saturated carbocycles. The minimum Gasteiger partial charge on any atom is -0.308 e. The average Bonchev–Trinajstić information content (AvgIpc) is 2.86. The smallest absolute Gasteiger partial charge is 0.0462 e. The Morgan fingerprint density at radius 2 is 2.15 bits per heavy atom. The van der Waals surface area contributed by atoms with E-state index in [0.29, 0.717) is 11.6 Å². The third-order valence-corrected chi connectivity index (χ3v) is 5.70. The van der Waals surface area contributed by atoms with Gasteiger partial charge in [-0.1, -0.05) is 46.4 Å². The Hall–Kier alpha value is -0.0900. The van der Waals surface area contributed by atoms with E-state index < -0.39 is 0 Å². The lowest BCUT2D eigenvalue weighted by atomic mass is 9.92. The molecule has 1 aliphatic heterocycles. The zero-order valence-electron chi connectivity index (χ0n) is 12.0. The molecule has 1 heterocycles. The van der Waals surface area contributed by atoms with Crippen LogP contribution in [0.1, 0.15) is 38.2 Å². The van der Waals surface area contributed by atoms with E-state index in [9.17, 15) is 0 Å². The van der Waals surface area contributed by atoms with Crippen molar-refractivity contribution in [3.63, 3.8) is 0 Å². The van der Waals surface area contributed by atoms with Crippen LogP contribution in [0.4, 0.5) is 0 Å². The van der Waals surface area contributed by atoms with Crippen LogP contribution in [0.25, 0.3) is 0 Å². The van der Waals surface area contributed by atoms with E-state index >= 15 is 0 Å². The fourth-order valence-corrected chi connectivity index (χ4v) is 4.29. The molecule has 0 amide bonds. The van der Waals surface area contributed by atoms with Crippen molar-refractivity contribution in [1.82, 2.24) is 10.2 Å². The summed E-state index contributed by atoms with van der Waals surface area (Å²) in [6.07, 6.45) is 5.39. The third-order valence-electron chi connectivity index (χ3n) is 4.85. The lowest BCUT2D eigenvalue weighted by molar-refractivity contribution is 0.0827. The van der Waals surface area contributed by atoms with Crippen molar-refractivity contribution in [3.8, 4) is 0 Å². The van der Waals surface area contributed by atoms with Gasteiger partial charge >= 0.3 is 0 Å². The number of benzene rings is 1. The van der Waals surface area contributed by atoms with Gasteiger partial charge in [0.2, 0.25) is 0 Å². The molecular weight excluding hydrogens is 336 g/mol. The number of rotatable bonds is 2. The van der Waals surface area contributed by atoms with Crippen molar-refractivity contribution in [2.75, 3.05) is 13.1 Å². The summed E-state index contributed by atoms with van der Waals surface area (Å²) < 4.78 is 1.05. The number of hydrogen-bond donors (Lipinski definition) is 1. The number of nitrogens with zero attached hydrogens (tertiary/aromatic N) is 1. The summed E-state index contributed by atoms with van der Waals surface area (Å²) in [5.41, 5.74) is 1.60. The van der Waals surface area contributed by atoms with Crippen LogP contribution in [0.15, 0.2) is 22.7 Å². The normalized spacial score (nSPS) is 26.2. The maximum Gasteiger partial charge on any atom is 0.0462 e. The maximum absolute atomic E-state index is 6.38. The molecule has 20 heavy (non-hydrogen) atoms. The number of nitrogens with one attached hydrogen (secondary N) is 1. The molecule has 2 fully saturated rings. The zero-order valence-corrected chi connectivity index (χ0v) is 14.3. The van der Waals surface area contributed by atoms with Crippen LogP contribution in [0, 0.1) is 0 Å². The van der Waals surface area contributed by atoms with Gasteiger partial charge in [-0.15, -0.1) is 0 Å².